The smallest absolute Gasteiger partial charge is 0.0642 e. The van der Waals surface area contributed by atoms with Gasteiger partial charge in [0.05, 0.1) is 10.7 Å². The summed E-state index contributed by atoms with van der Waals surface area (Å²) in [6.45, 7) is 9.23. The maximum Gasteiger partial charge on any atom is 0.0642 e. The molecule has 1 unspecified atom stereocenters. The number of halogens is 2. The van der Waals surface area contributed by atoms with Crippen LogP contribution in [0, 0.1) is 11.3 Å². The molecule has 1 atom stereocenters. The fourth-order valence-electron chi connectivity index (χ4n) is 2.69. The topological polar surface area (TPSA) is 3.24 Å². The number of nitrogens with zero attached hydrogens (tertiary/aromatic N) is 1. The minimum Gasteiger partial charge on any atom is -0.370 e. The molecule has 1 fully saturated rings. The van der Waals surface area contributed by atoms with Crippen LogP contribution in [0.5, 0.6) is 0 Å². The first-order valence-corrected chi connectivity index (χ1v) is 8.01. The summed E-state index contributed by atoms with van der Waals surface area (Å²) in [6.07, 6.45) is 1.26. The number of anilines is 1. The van der Waals surface area contributed by atoms with Gasteiger partial charge in [-0.05, 0) is 29.4 Å². The van der Waals surface area contributed by atoms with Crippen LogP contribution in [0.1, 0.15) is 32.8 Å². The van der Waals surface area contributed by atoms with E-state index in [0.717, 1.165) is 29.4 Å². The van der Waals surface area contributed by atoms with Gasteiger partial charge in [0.25, 0.3) is 0 Å². The van der Waals surface area contributed by atoms with Crippen molar-refractivity contribution in [2.45, 2.75) is 32.5 Å². The molecule has 3 heteroatoms. The molecule has 0 aromatic heterocycles. The summed E-state index contributed by atoms with van der Waals surface area (Å²) in [6, 6.07) is 6.17. The van der Waals surface area contributed by atoms with Gasteiger partial charge in [0.2, 0.25) is 0 Å². The van der Waals surface area contributed by atoms with E-state index in [2.05, 4.69) is 47.7 Å². The standard InChI is InChI=1S/C15H21BrClN/c1-15(2,3)12-7-8-18(10-12)14-11(9-16)5-4-6-13(14)17/h4-6,12H,7-10H2,1-3H3. The molecule has 0 radical (unpaired) electrons. The van der Waals surface area contributed by atoms with Crippen molar-refractivity contribution in [1.29, 1.82) is 0 Å². The van der Waals surface area contributed by atoms with Crippen LogP contribution in [0.25, 0.3) is 0 Å². The van der Waals surface area contributed by atoms with Crippen molar-refractivity contribution in [2.75, 3.05) is 18.0 Å². The molecule has 0 aliphatic carbocycles. The van der Waals surface area contributed by atoms with Crippen LogP contribution in [0.2, 0.25) is 5.02 Å². The fourth-order valence-corrected chi connectivity index (χ4v) is 3.46. The van der Waals surface area contributed by atoms with Gasteiger partial charge >= 0.3 is 0 Å². The lowest BCUT2D eigenvalue weighted by Crippen LogP contribution is -2.26. The van der Waals surface area contributed by atoms with E-state index in [9.17, 15) is 0 Å². The maximum atomic E-state index is 6.39. The molecule has 1 saturated heterocycles. The van der Waals surface area contributed by atoms with E-state index in [-0.39, 0.29) is 0 Å². The van der Waals surface area contributed by atoms with Gasteiger partial charge in [-0.3, -0.25) is 0 Å². The molecular formula is C15H21BrClN. The van der Waals surface area contributed by atoms with Crippen LogP contribution in [0.15, 0.2) is 18.2 Å². The third kappa shape index (κ3) is 2.85. The Labute approximate surface area is 124 Å². The van der Waals surface area contributed by atoms with Crippen LogP contribution >= 0.6 is 27.5 Å². The summed E-state index contributed by atoms with van der Waals surface area (Å²) in [5.74, 6) is 0.747. The van der Waals surface area contributed by atoms with Crippen molar-refractivity contribution in [2.24, 2.45) is 11.3 Å². The Morgan fingerprint density at radius 2 is 2.11 bits per heavy atom. The van der Waals surface area contributed by atoms with E-state index in [1.54, 1.807) is 0 Å². The van der Waals surface area contributed by atoms with E-state index in [1.165, 1.54) is 17.7 Å². The van der Waals surface area contributed by atoms with E-state index < -0.39 is 0 Å². The average Bonchev–Trinajstić information content (AvgIpc) is 2.77. The molecule has 100 valence electrons. The van der Waals surface area contributed by atoms with Crippen molar-refractivity contribution in [1.82, 2.24) is 0 Å². The summed E-state index contributed by atoms with van der Waals surface area (Å²) in [5, 5.41) is 1.74. The fraction of sp³-hybridized carbons (Fsp3) is 0.600. The highest BCUT2D eigenvalue weighted by Crippen LogP contribution is 2.39. The molecule has 1 aliphatic rings. The molecule has 1 nitrogen and oxygen atoms in total. The average molecular weight is 331 g/mol. The summed E-state index contributed by atoms with van der Waals surface area (Å²) >= 11 is 9.95. The van der Waals surface area contributed by atoms with E-state index in [4.69, 9.17) is 11.6 Å². The van der Waals surface area contributed by atoms with Crippen molar-refractivity contribution >= 4 is 33.2 Å². The molecule has 18 heavy (non-hydrogen) atoms. The zero-order chi connectivity index (χ0) is 13.3. The van der Waals surface area contributed by atoms with Crippen molar-refractivity contribution in [3.63, 3.8) is 0 Å². The van der Waals surface area contributed by atoms with Crippen LogP contribution in [-0.2, 0) is 5.33 Å². The SMILES string of the molecule is CC(C)(C)C1CCN(c2c(Cl)cccc2CBr)C1. The Morgan fingerprint density at radius 3 is 2.67 bits per heavy atom. The quantitative estimate of drug-likeness (QED) is 0.681. The highest BCUT2D eigenvalue weighted by atomic mass is 79.9. The third-order valence-electron chi connectivity index (χ3n) is 3.94. The van der Waals surface area contributed by atoms with E-state index in [1.807, 2.05) is 12.1 Å². The van der Waals surface area contributed by atoms with Gasteiger partial charge in [0.15, 0.2) is 0 Å². The van der Waals surface area contributed by atoms with Gasteiger partial charge < -0.3 is 4.90 Å². The second-order valence-corrected chi connectivity index (χ2v) is 7.15. The lowest BCUT2D eigenvalue weighted by atomic mass is 9.80. The number of hydrogen-bond donors (Lipinski definition) is 0. The summed E-state index contributed by atoms with van der Waals surface area (Å²) in [7, 11) is 0. The molecule has 2 rings (SSSR count). The summed E-state index contributed by atoms with van der Waals surface area (Å²) in [4.78, 5) is 2.45. The first-order chi connectivity index (χ1) is 8.43. The monoisotopic (exact) mass is 329 g/mol. The first kappa shape index (κ1) is 14.2. The largest absolute Gasteiger partial charge is 0.370 e. The lowest BCUT2D eigenvalue weighted by molar-refractivity contribution is 0.263. The van der Waals surface area contributed by atoms with Crippen molar-refractivity contribution in [3.05, 3.63) is 28.8 Å². The molecule has 0 bridgehead atoms. The second kappa shape index (κ2) is 5.42. The zero-order valence-corrected chi connectivity index (χ0v) is 13.7. The summed E-state index contributed by atoms with van der Waals surface area (Å²) in [5.41, 5.74) is 2.89. The van der Waals surface area contributed by atoms with Gasteiger partial charge in [-0.1, -0.05) is 60.4 Å². The predicted molar refractivity (Wildman–Crippen MR) is 83.9 cm³/mol. The van der Waals surface area contributed by atoms with Crippen LogP contribution < -0.4 is 4.90 Å². The Hall–Kier alpha value is -0.210. The van der Waals surface area contributed by atoms with Crippen LogP contribution in [0.4, 0.5) is 5.69 Å². The normalized spacial score (nSPS) is 20.5. The molecule has 0 spiro atoms. The van der Waals surface area contributed by atoms with Gasteiger partial charge in [0.1, 0.15) is 0 Å². The van der Waals surface area contributed by atoms with Gasteiger partial charge in [-0.15, -0.1) is 0 Å². The summed E-state index contributed by atoms with van der Waals surface area (Å²) < 4.78 is 0. The molecule has 1 heterocycles. The maximum absolute atomic E-state index is 6.39. The predicted octanol–water partition coefficient (Wildman–Crippen LogP) is 5.11. The molecule has 1 aromatic rings. The van der Waals surface area contributed by atoms with Gasteiger partial charge in [-0.2, -0.15) is 0 Å². The van der Waals surface area contributed by atoms with Crippen molar-refractivity contribution in [3.8, 4) is 0 Å². The number of alkyl halides is 1. The van der Waals surface area contributed by atoms with Gasteiger partial charge in [-0.25, -0.2) is 0 Å². The minimum absolute atomic E-state index is 0.380. The lowest BCUT2D eigenvalue weighted by Gasteiger charge is -2.28. The van der Waals surface area contributed by atoms with Crippen LogP contribution in [-0.4, -0.2) is 13.1 Å². The molecule has 1 aromatic carbocycles. The first-order valence-electron chi connectivity index (χ1n) is 6.52. The van der Waals surface area contributed by atoms with E-state index in [0.29, 0.717) is 5.41 Å². The highest BCUT2D eigenvalue weighted by molar-refractivity contribution is 9.08. The third-order valence-corrected chi connectivity index (χ3v) is 4.85. The molecule has 0 N–H and O–H groups in total. The molecule has 1 aliphatic heterocycles. The number of para-hydroxylation sites is 1. The number of benzene rings is 1. The van der Waals surface area contributed by atoms with Crippen molar-refractivity contribution < 1.29 is 0 Å². The minimum atomic E-state index is 0.380. The Bertz CT molecular complexity index is 425. The molecular weight excluding hydrogens is 310 g/mol. The Balaban J connectivity index is 2.24. The second-order valence-electron chi connectivity index (χ2n) is 6.18. The molecule has 0 amide bonds. The Kier molecular flexibility index (Phi) is 4.28. The van der Waals surface area contributed by atoms with Gasteiger partial charge in [0, 0.05) is 18.4 Å². The molecule has 0 saturated carbocycles. The number of rotatable bonds is 2. The number of hydrogen-bond acceptors (Lipinski definition) is 1. The Morgan fingerprint density at radius 1 is 1.39 bits per heavy atom. The highest BCUT2D eigenvalue weighted by Gasteiger charge is 2.33. The zero-order valence-electron chi connectivity index (χ0n) is 11.3. The van der Waals surface area contributed by atoms with Crippen LogP contribution in [0.3, 0.4) is 0 Å². The van der Waals surface area contributed by atoms with E-state index >= 15 is 0 Å².